The summed E-state index contributed by atoms with van der Waals surface area (Å²) in [6, 6.07) is 23.5. The van der Waals surface area contributed by atoms with Crippen LogP contribution in [0.15, 0.2) is 102 Å². The van der Waals surface area contributed by atoms with Gasteiger partial charge in [-0.1, -0.05) is 99.6 Å². The van der Waals surface area contributed by atoms with E-state index in [9.17, 15) is 33.9 Å². The Bertz CT molecular complexity index is 2620. The lowest BCUT2D eigenvalue weighted by Crippen LogP contribution is -2.79. The second-order valence-corrected chi connectivity index (χ2v) is 21.2. The minimum Gasteiger partial charge on any atom is -0.455 e. The molecule has 75 heavy (non-hydrogen) atoms. The van der Waals surface area contributed by atoms with Gasteiger partial charge in [-0.15, -0.1) is 0 Å². The van der Waals surface area contributed by atoms with Crippen LogP contribution in [0, 0.1) is 23.2 Å². The van der Waals surface area contributed by atoms with Gasteiger partial charge in [0.2, 0.25) is 6.10 Å². The molecule has 3 fully saturated rings. The van der Waals surface area contributed by atoms with Crippen molar-refractivity contribution in [3.8, 4) is 0 Å². The summed E-state index contributed by atoms with van der Waals surface area (Å²) >= 11 is 0. The van der Waals surface area contributed by atoms with Crippen LogP contribution in [0.3, 0.4) is 0 Å². The van der Waals surface area contributed by atoms with Gasteiger partial charge < -0.3 is 58.4 Å². The van der Waals surface area contributed by atoms with Crippen LogP contribution in [0.5, 0.6) is 0 Å². The molecule has 3 aliphatic carbocycles. The fourth-order valence-corrected chi connectivity index (χ4v) is 11.5. The number of ether oxygens (including phenoxy) is 9. The van der Waals surface area contributed by atoms with Gasteiger partial charge in [0.25, 0.3) is 0 Å². The van der Waals surface area contributed by atoms with Crippen LogP contribution in [0.2, 0.25) is 0 Å². The Balaban J connectivity index is 1.35. The molecule has 1 heterocycles. The molecule has 4 aliphatic rings. The van der Waals surface area contributed by atoms with Crippen LogP contribution in [0.1, 0.15) is 103 Å². The van der Waals surface area contributed by atoms with E-state index in [2.05, 4.69) is 10.6 Å². The summed E-state index contributed by atoms with van der Waals surface area (Å²) in [5.74, 6) is -6.79. The largest absolute Gasteiger partial charge is 0.455 e. The van der Waals surface area contributed by atoms with E-state index in [0.29, 0.717) is 17.6 Å². The molecule has 1 aliphatic heterocycles. The van der Waals surface area contributed by atoms with Crippen LogP contribution in [0.4, 0.5) is 9.59 Å². The maximum atomic E-state index is 15.3. The van der Waals surface area contributed by atoms with Crippen molar-refractivity contribution in [2.24, 2.45) is 23.2 Å². The van der Waals surface area contributed by atoms with E-state index in [1.807, 2.05) is 6.92 Å². The van der Waals surface area contributed by atoms with Gasteiger partial charge in [0.15, 0.2) is 11.7 Å². The maximum Gasteiger partial charge on any atom is 0.408 e. The minimum atomic E-state index is -2.29. The maximum absolute atomic E-state index is 15.3. The van der Waals surface area contributed by atoms with Gasteiger partial charge in [-0.2, -0.15) is 0 Å². The molecule has 12 atom stereocenters. The monoisotopic (exact) mass is 1040 g/mol. The normalized spacial score (nSPS) is 28.3. The highest BCUT2D eigenvalue weighted by molar-refractivity contribution is 5.89. The van der Waals surface area contributed by atoms with Gasteiger partial charge >= 0.3 is 42.0 Å². The molecule has 3 aromatic carbocycles. The number of amides is 2. The summed E-state index contributed by atoms with van der Waals surface area (Å²) in [6.45, 7) is 13.3. The molecule has 2 bridgehead atoms. The lowest BCUT2D eigenvalue weighted by Gasteiger charge is -2.66. The van der Waals surface area contributed by atoms with Gasteiger partial charge in [-0.3, -0.25) is 14.4 Å². The Hall–Kier alpha value is -6.83. The van der Waals surface area contributed by atoms with Gasteiger partial charge in [-0.25, -0.2) is 19.2 Å². The predicted molar refractivity (Wildman–Crippen MR) is 266 cm³/mol. The number of benzene rings is 3. The Kier molecular flexibility index (Phi) is 16.8. The molecular formula is C56H68N2O17. The van der Waals surface area contributed by atoms with Crippen molar-refractivity contribution in [2.45, 2.75) is 141 Å². The Labute approximate surface area is 436 Å². The highest BCUT2D eigenvalue weighted by atomic mass is 16.6. The first-order chi connectivity index (χ1) is 35.4. The standard InChI is InChI=1S/C56H68N2O17/c1-31-26-39-55(30-69-39,74-34(4)60)43-41(31)45(67-10)46(70-33(3)59)42-32(2)38(27-56(66,54(42,8)9)48(43)73-49(62)37-24-18-13-19-25-37)71-50(63)47(44(36-22-16-12-17-23-36)58-52(65)75-53(5,6)7)72-40(61)28-57-51(64)68-29-35-20-14-11-15-21-35/h11-25,31,38-39,41,43-48,66H,26-30H2,1-10H3,(H,57,64)(H,58,65)/t31-,38-,39+,41?,43+,44-,45?,46+,47+,48-,55-,56+/m0/s1. The molecule has 404 valence electrons. The highest BCUT2D eigenvalue weighted by Crippen LogP contribution is 2.63. The SMILES string of the molecule is COC1C2[C@H]([C@H](OC(=O)c3ccccc3)[C@]3(O)C[C@H](OC(=O)[C@H](OC(=O)CNC(=O)OCc4ccccc4)[C@@H](NC(=O)OC(C)(C)C)c4ccccc4)C(C)=C([C@H]1OC(C)=O)C3(C)C)[C@]1(OC(C)=O)CO[C@@H]1C[C@@H]2C. The van der Waals surface area contributed by atoms with Crippen molar-refractivity contribution in [1.82, 2.24) is 10.6 Å². The Morgan fingerprint density at radius 3 is 2.04 bits per heavy atom. The first-order valence-corrected chi connectivity index (χ1v) is 25.0. The van der Waals surface area contributed by atoms with Crippen LogP contribution < -0.4 is 10.6 Å². The van der Waals surface area contributed by atoms with Crippen molar-refractivity contribution in [3.05, 3.63) is 119 Å². The van der Waals surface area contributed by atoms with Gasteiger partial charge in [-0.05, 0) is 74.4 Å². The zero-order valence-electron chi connectivity index (χ0n) is 43.9. The average molecular weight is 1040 g/mol. The van der Waals surface area contributed by atoms with Gasteiger partial charge in [0, 0.05) is 44.6 Å². The minimum absolute atomic E-state index is 0.110. The number of hydrogen-bond acceptors (Lipinski definition) is 17. The van der Waals surface area contributed by atoms with Crippen molar-refractivity contribution in [3.63, 3.8) is 0 Å². The number of fused-ring (bicyclic) bond motifs is 5. The molecule has 19 heteroatoms. The van der Waals surface area contributed by atoms with Crippen LogP contribution >= 0.6 is 0 Å². The van der Waals surface area contributed by atoms with E-state index in [1.165, 1.54) is 21.0 Å². The zero-order valence-corrected chi connectivity index (χ0v) is 43.9. The molecule has 2 saturated carbocycles. The lowest BCUT2D eigenvalue weighted by atomic mass is 9.47. The van der Waals surface area contributed by atoms with Crippen molar-refractivity contribution >= 4 is 42.0 Å². The van der Waals surface area contributed by atoms with Crippen molar-refractivity contribution < 1.29 is 81.3 Å². The summed E-state index contributed by atoms with van der Waals surface area (Å²) < 4.78 is 55.0. The van der Waals surface area contributed by atoms with Crippen LogP contribution in [-0.4, -0.2) is 121 Å². The summed E-state index contributed by atoms with van der Waals surface area (Å²) in [7, 11) is 1.44. The van der Waals surface area contributed by atoms with Crippen molar-refractivity contribution in [1.29, 1.82) is 0 Å². The third kappa shape index (κ3) is 11.8. The third-order valence-corrected chi connectivity index (χ3v) is 14.8. The van der Waals surface area contributed by atoms with Crippen LogP contribution in [-0.2, 0) is 68.4 Å². The molecular weight excluding hydrogens is 973 g/mol. The predicted octanol–water partition coefficient (Wildman–Crippen LogP) is 6.64. The smallest absolute Gasteiger partial charge is 0.408 e. The molecule has 3 aromatic rings. The first-order valence-electron chi connectivity index (χ1n) is 25.0. The van der Waals surface area contributed by atoms with Crippen LogP contribution in [0.25, 0.3) is 0 Å². The number of esters is 5. The summed E-state index contributed by atoms with van der Waals surface area (Å²) in [6.07, 6.45) is -10.3. The summed E-state index contributed by atoms with van der Waals surface area (Å²) in [5, 5.41) is 19.1. The molecule has 7 rings (SSSR count). The fourth-order valence-electron chi connectivity index (χ4n) is 11.5. The zero-order chi connectivity index (χ0) is 54.6. The van der Waals surface area contributed by atoms with E-state index < -0.39 is 132 Å². The number of aliphatic hydroxyl groups is 1. The molecule has 19 nitrogen and oxygen atoms in total. The lowest BCUT2D eigenvalue weighted by molar-refractivity contribution is -0.340. The van der Waals surface area contributed by atoms with E-state index in [-0.39, 0.29) is 35.8 Å². The molecule has 0 aromatic heterocycles. The number of rotatable bonds is 15. The molecule has 3 N–H and O–H groups in total. The molecule has 2 amide bonds. The molecule has 0 spiro atoms. The summed E-state index contributed by atoms with van der Waals surface area (Å²) in [4.78, 5) is 96.8. The number of carbonyl (C=O) groups excluding carboxylic acids is 7. The fraction of sp³-hybridized carbons (Fsp3) is 0.518. The first kappa shape index (κ1) is 55.9. The van der Waals surface area contributed by atoms with E-state index in [1.54, 1.807) is 133 Å². The van der Waals surface area contributed by atoms with E-state index in [4.69, 9.17) is 42.6 Å². The topological polar surface area (TPSA) is 247 Å². The van der Waals surface area contributed by atoms with Crippen molar-refractivity contribution in [2.75, 3.05) is 20.3 Å². The third-order valence-electron chi connectivity index (χ3n) is 14.8. The molecule has 0 radical (unpaired) electrons. The molecule has 2 unspecified atom stereocenters. The second kappa shape index (κ2) is 22.6. The van der Waals surface area contributed by atoms with E-state index >= 15 is 4.79 Å². The van der Waals surface area contributed by atoms with E-state index in [0.717, 1.165) is 0 Å². The number of nitrogens with one attached hydrogen (secondary N) is 2. The second-order valence-electron chi connectivity index (χ2n) is 21.2. The Morgan fingerprint density at radius 2 is 1.47 bits per heavy atom. The Morgan fingerprint density at radius 1 is 0.840 bits per heavy atom. The van der Waals surface area contributed by atoms with Gasteiger partial charge in [0.1, 0.15) is 54.8 Å². The number of hydrogen-bond donors (Lipinski definition) is 3. The number of carbonyl (C=O) groups is 7. The number of alkyl carbamates (subject to hydrolysis) is 2. The quantitative estimate of drug-likeness (QED) is 0.0820. The average Bonchev–Trinajstić information content (AvgIpc) is 3.35. The highest BCUT2D eigenvalue weighted by Gasteiger charge is 2.74. The summed E-state index contributed by atoms with van der Waals surface area (Å²) in [5.41, 5.74) is -4.67. The number of methoxy groups -OCH3 is 1. The van der Waals surface area contributed by atoms with Gasteiger partial charge in [0.05, 0.1) is 12.2 Å². The molecule has 1 saturated heterocycles.